The van der Waals surface area contributed by atoms with Crippen LogP contribution in [0.25, 0.3) is 0 Å². The number of ether oxygens (including phenoxy) is 2. The second-order valence-corrected chi connectivity index (χ2v) is 6.24. The number of hydrogen-bond acceptors (Lipinski definition) is 4. The van der Waals surface area contributed by atoms with E-state index in [0.29, 0.717) is 49.2 Å². The third-order valence-corrected chi connectivity index (χ3v) is 4.39. The Morgan fingerprint density at radius 2 is 1.78 bits per heavy atom. The maximum atomic E-state index is 12.9. The summed E-state index contributed by atoms with van der Waals surface area (Å²) in [7, 11) is 0. The number of hydrogen-bond donors (Lipinski definition) is 1. The lowest BCUT2D eigenvalue weighted by molar-refractivity contribution is -0.116. The van der Waals surface area contributed by atoms with E-state index in [9.17, 15) is 14.0 Å². The molecule has 0 saturated carbocycles. The third kappa shape index (κ3) is 3.64. The van der Waals surface area contributed by atoms with Crippen molar-refractivity contribution in [2.75, 3.05) is 43.1 Å². The lowest BCUT2D eigenvalue weighted by Crippen LogP contribution is -2.37. The lowest BCUT2D eigenvalue weighted by atomic mass is 10.2. The van der Waals surface area contributed by atoms with E-state index in [4.69, 9.17) is 9.47 Å². The Morgan fingerprint density at radius 3 is 2.56 bits per heavy atom. The average molecular weight is 371 g/mol. The Hall–Kier alpha value is -3.29. The number of rotatable bonds is 4. The van der Waals surface area contributed by atoms with Crippen LogP contribution >= 0.6 is 0 Å². The minimum Gasteiger partial charge on any atom is -0.486 e. The molecule has 0 unspecified atom stereocenters. The highest BCUT2D eigenvalue weighted by Gasteiger charge is 2.31. The first kappa shape index (κ1) is 17.1. The van der Waals surface area contributed by atoms with Crippen LogP contribution in [0.1, 0.15) is 0 Å². The number of benzene rings is 2. The van der Waals surface area contributed by atoms with Crippen molar-refractivity contribution in [3.63, 3.8) is 0 Å². The Labute approximate surface area is 155 Å². The van der Waals surface area contributed by atoms with Gasteiger partial charge in [-0.2, -0.15) is 0 Å². The molecule has 3 amide bonds. The molecule has 2 aliphatic heterocycles. The number of fused-ring (bicyclic) bond motifs is 1. The molecule has 140 valence electrons. The zero-order valence-electron chi connectivity index (χ0n) is 14.5. The van der Waals surface area contributed by atoms with Crippen molar-refractivity contribution >= 4 is 23.3 Å². The molecule has 0 aliphatic carbocycles. The zero-order valence-corrected chi connectivity index (χ0v) is 14.5. The van der Waals surface area contributed by atoms with Crippen LogP contribution in [0.2, 0.25) is 0 Å². The second kappa shape index (κ2) is 7.14. The van der Waals surface area contributed by atoms with Gasteiger partial charge in [0.05, 0.1) is 0 Å². The minimum atomic E-state index is -0.377. The van der Waals surface area contributed by atoms with Gasteiger partial charge in [0, 0.05) is 30.5 Å². The molecule has 27 heavy (non-hydrogen) atoms. The molecule has 4 rings (SSSR count). The zero-order chi connectivity index (χ0) is 18.8. The topological polar surface area (TPSA) is 71.1 Å². The number of urea groups is 1. The monoisotopic (exact) mass is 371 g/mol. The lowest BCUT2D eigenvalue weighted by Gasteiger charge is -2.22. The summed E-state index contributed by atoms with van der Waals surface area (Å²) < 4.78 is 24.0. The van der Waals surface area contributed by atoms with Crippen molar-refractivity contribution in [1.29, 1.82) is 0 Å². The third-order valence-electron chi connectivity index (χ3n) is 4.39. The molecule has 8 heteroatoms. The fourth-order valence-corrected chi connectivity index (χ4v) is 3.08. The highest BCUT2D eigenvalue weighted by atomic mass is 19.1. The first-order chi connectivity index (χ1) is 13.1. The van der Waals surface area contributed by atoms with Crippen LogP contribution in [0.4, 0.5) is 20.6 Å². The molecular weight excluding hydrogens is 353 g/mol. The molecular formula is C19H18FN3O4. The van der Waals surface area contributed by atoms with Crippen molar-refractivity contribution in [2.45, 2.75) is 0 Å². The summed E-state index contributed by atoms with van der Waals surface area (Å²) in [6, 6.07) is 10.6. The molecule has 0 bridgehead atoms. The second-order valence-electron chi connectivity index (χ2n) is 6.24. The van der Waals surface area contributed by atoms with E-state index in [0.717, 1.165) is 0 Å². The van der Waals surface area contributed by atoms with Gasteiger partial charge in [0.1, 0.15) is 25.6 Å². The van der Waals surface area contributed by atoms with Gasteiger partial charge in [-0.25, -0.2) is 9.18 Å². The van der Waals surface area contributed by atoms with E-state index in [1.54, 1.807) is 23.1 Å². The van der Waals surface area contributed by atoms with Gasteiger partial charge in [0.2, 0.25) is 5.91 Å². The smallest absolute Gasteiger partial charge is 0.325 e. The Balaban J connectivity index is 1.39. The number of nitrogens with zero attached hydrogens (tertiary/aromatic N) is 2. The van der Waals surface area contributed by atoms with Crippen molar-refractivity contribution in [1.82, 2.24) is 4.90 Å². The maximum Gasteiger partial charge on any atom is 0.325 e. The molecule has 2 aliphatic rings. The number of carbonyl (C=O) groups excluding carboxylic acids is 2. The predicted octanol–water partition coefficient (Wildman–Crippen LogP) is 2.48. The van der Waals surface area contributed by atoms with Crippen LogP contribution in [0, 0.1) is 5.82 Å². The number of amides is 3. The van der Waals surface area contributed by atoms with Crippen molar-refractivity contribution in [3.8, 4) is 11.5 Å². The number of halogens is 1. The maximum absolute atomic E-state index is 12.9. The van der Waals surface area contributed by atoms with Crippen LogP contribution in [0.5, 0.6) is 11.5 Å². The van der Waals surface area contributed by atoms with Crippen LogP contribution in [0.3, 0.4) is 0 Å². The van der Waals surface area contributed by atoms with E-state index >= 15 is 0 Å². The summed E-state index contributed by atoms with van der Waals surface area (Å²) in [4.78, 5) is 27.9. The Bertz CT molecular complexity index is 872. The summed E-state index contributed by atoms with van der Waals surface area (Å²) >= 11 is 0. The van der Waals surface area contributed by atoms with Gasteiger partial charge in [-0.1, -0.05) is 0 Å². The van der Waals surface area contributed by atoms with Crippen molar-refractivity contribution < 1.29 is 23.5 Å². The van der Waals surface area contributed by atoms with Crippen LogP contribution < -0.4 is 19.7 Å². The predicted molar refractivity (Wildman–Crippen MR) is 96.8 cm³/mol. The molecule has 0 atom stereocenters. The van der Waals surface area contributed by atoms with E-state index < -0.39 is 0 Å². The number of carbonyl (C=O) groups is 2. The van der Waals surface area contributed by atoms with Gasteiger partial charge < -0.3 is 19.7 Å². The highest BCUT2D eigenvalue weighted by molar-refractivity contribution is 5.99. The van der Waals surface area contributed by atoms with Crippen molar-refractivity contribution in [3.05, 3.63) is 48.3 Å². The molecule has 0 radical (unpaired) electrons. The number of anilines is 2. The Kier molecular flexibility index (Phi) is 4.53. The molecule has 1 N–H and O–H groups in total. The molecule has 1 saturated heterocycles. The molecule has 1 fully saturated rings. The summed E-state index contributed by atoms with van der Waals surface area (Å²) in [5.41, 5.74) is 1.18. The molecule has 2 aromatic rings. The van der Waals surface area contributed by atoms with Gasteiger partial charge in [-0.15, -0.1) is 0 Å². The quantitative estimate of drug-likeness (QED) is 0.896. The van der Waals surface area contributed by atoms with Crippen LogP contribution in [-0.2, 0) is 4.79 Å². The first-order valence-electron chi connectivity index (χ1n) is 8.62. The van der Waals surface area contributed by atoms with Gasteiger partial charge in [-0.05, 0) is 36.4 Å². The van der Waals surface area contributed by atoms with Gasteiger partial charge in [0.15, 0.2) is 11.5 Å². The first-order valence-corrected chi connectivity index (χ1v) is 8.62. The standard InChI is InChI=1S/C19H18FN3O4/c20-13-1-3-14(4-2-13)21-18(24)12-22-7-8-23(19(22)25)15-5-6-16-17(11-15)27-10-9-26-16/h1-6,11H,7-10,12H2,(H,21,24). The fourth-order valence-electron chi connectivity index (χ4n) is 3.08. The summed E-state index contributed by atoms with van der Waals surface area (Å²) in [6.07, 6.45) is 0. The largest absolute Gasteiger partial charge is 0.486 e. The van der Waals surface area contributed by atoms with E-state index in [2.05, 4.69) is 5.32 Å². The molecule has 0 spiro atoms. The fraction of sp³-hybridized carbons (Fsp3) is 0.263. The van der Waals surface area contributed by atoms with Gasteiger partial charge in [-0.3, -0.25) is 9.69 Å². The minimum absolute atomic E-state index is 0.0722. The molecule has 7 nitrogen and oxygen atoms in total. The summed E-state index contributed by atoms with van der Waals surface area (Å²) in [5.74, 6) is 0.558. The highest BCUT2D eigenvalue weighted by Crippen LogP contribution is 2.34. The molecule has 2 heterocycles. The number of nitrogens with one attached hydrogen (secondary N) is 1. The van der Waals surface area contributed by atoms with E-state index in [1.807, 2.05) is 0 Å². The molecule has 2 aromatic carbocycles. The van der Waals surface area contributed by atoms with E-state index in [1.165, 1.54) is 29.2 Å². The normalized spacial score (nSPS) is 15.8. The SMILES string of the molecule is O=C(CN1CCN(c2ccc3c(c2)OCCO3)C1=O)Nc1ccc(F)cc1. The average Bonchev–Trinajstić information content (AvgIpc) is 3.03. The van der Waals surface area contributed by atoms with Crippen LogP contribution in [-0.4, -0.2) is 49.7 Å². The molecule has 0 aromatic heterocycles. The van der Waals surface area contributed by atoms with E-state index in [-0.39, 0.29) is 24.3 Å². The van der Waals surface area contributed by atoms with Gasteiger partial charge in [0.25, 0.3) is 0 Å². The summed E-state index contributed by atoms with van der Waals surface area (Å²) in [5, 5.41) is 2.66. The summed E-state index contributed by atoms with van der Waals surface area (Å²) in [6.45, 7) is 1.82. The van der Waals surface area contributed by atoms with Crippen molar-refractivity contribution in [2.24, 2.45) is 0 Å². The Morgan fingerprint density at radius 1 is 1.04 bits per heavy atom. The van der Waals surface area contributed by atoms with Gasteiger partial charge >= 0.3 is 6.03 Å². The van der Waals surface area contributed by atoms with Crippen LogP contribution in [0.15, 0.2) is 42.5 Å².